The number of aliphatic hydroxyl groups excluding tert-OH is 1. The van der Waals surface area contributed by atoms with Gasteiger partial charge in [-0.1, -0.05) is 0 Å². The smallest absolute Gasteiger partial charge is 0.224 e. The molecule has 2 N–H and O–H groups in total. The van der Waals surface area contributed by atoms with Gasteiger partial charge in [0.2, 0.25) is 5.91 Å². The molecule has 1 aliphatic rings. The molecule has 17 heavy (non-hydrogen) atoms. The molecule has 7 heteroatoms. The first-order chi connectivity index (χ1) is 8.18. The van der Waals surface area contributed by atoms with Crippen LogP contribution in [0.4, 0.5) is 0 Å². The SMILES string of the molecule is CN(C(=O)CCn1cncn1)[C@@H]1CNC[C@H]1O. The van der Waals surface area contributed by atoms with Gasteiger partial charge >= 0.3 is 0 Å². The first-order valence-corrected chi connectivity index (χ1v) is 5.65. The third-order valence-corrected chi connectivity index (χ3v) is 3.06. The van der Waals surface area contributed by atoms with Crippen LogP contribution in [0.5, 0.6) is 0 Å². The summed E-state index contributed by atoms with van der Waals surface area (Å²) in [6.45, 7) is 1.71. The highest BCUT2D eigenvalue weighted by Crippen LogP contribution is 2.09. The molecule has 7 nitrogen and oxygen atoms in total. The molecular weight excluding hydrogens is 222 g/mol. The Hall–Kier alpha value is -1.47. The highest BCUT2D eigenvalue weighted by Gasteiger charge is 2.30. The van der Waals surface area contributed by atoms with Crippen molar-refractivity contribution in [3.63, 3.8) is 0 Å². The minimum Gasteiger partial charge on any atom is -0.390 e. The van der Waals surface area contributed by atoms with Crippen molar-refractivity contribution < 1.29 is 9.90 Å². The number of hydrogen-bond acceptors (Lipinski definition) is 5. The number of nitrogens with one attached hydrogen (secondary N) is 1. The molecule has 1 aliphatic heterocycles. The summed E-state index contributed by atoms with van der Waals surface area (Å²) in [5, 5.41) is 16.7. The molecule has 0 unspecified atom stereocenters. The standard InChI is InChI=1S/C10H17N5O2/c1-14(8-4-11-5-9(8)16)10(17)2-3-15-7-12-6-13-15/h6-9,11,16H,2-5H2,1H3/t8-,9-/m1/s1. The van der Waals surface area contributed by atoms with E-state index < -0.39 is 6.10 Å². The second-order valence-electron chi connectivity index (χ2n) is 4.21. The number of aromatic nitrogens is 3. The fourth-order valence-corrected chi connectivity index (χ4v) is 1.97. The van der Waals surface area contributed by atoms with Gasteiger partial charge in [0.05, 0.1) is 18.7 Å². The predicted octanol–water partition coefficient (Wildman–Crippen LogP) is -1.54. The zero-order valence-corrected chi connectivity index (χ0v) is 9.78. The van der Waals surface area contributed by atoms with E-state index in [0.29, 0.717) is 26.1 Å². The van der Waals surface area contributed by atoms with E-state index in [1.165, 1.54) is 6.33 Å². The highest BCUT2D eigenvalue weighted by atomic mass is 16.3. The molecule has 1 aromatic heterocycles. The molecule has 0 saturated carbocycles. The minimum atomic E-state index is -0.477. The summed E-state index contributed by atoms with van der Waals surface area (Å²) in [6.07, 6.45) is 2.91. The molecule has 0 bridgehead atoms. The van der Waals surface area contributed by atoms with Crippen molar-refractivity contribution in [2.24, 2.45) is 0 Å². The first-order valence-electron chi connectivity index (χ1n) is 5.65. The van der Waals surface area contributed by atoms with Crippen molar-refractivity contribution in [1.29, 1.82) is 0 Å². The molecule has 0 aromatic carbocycles. The summed E-state index contributed by atoms with van der Waals surface area (Å²) in [5.74, 6) is 0.00764. The van der Waals surface area contributed by atoms with Crippen molar-refractivity contribution in [2.75, 3.05) is 20.1 Å². The summed E-state index contributed by atoms with van der Waals surface area (Å²) in [4.78, 5) is 17.3. The molecule has 1 saturated heterocycles. The third-order valence-electron chi connectivity index (χ3n) is 3.06. The summed E-state index contributed by atoms with van der Waals surface area (Å²) in [5.41, 5.74) is 0. The van der Waals surface area contributed by atoms with Gasteiger partial charge in [-0.25, -0.2) is 4.98 Å². The Bertz CT molecular complexity index is 367. The maximum absolute atomic E-state index is 11.9. The van der Waals surface area contributed by atoms with E-state index in [9.17, 15) is 9.90 Å². The monoisotopic (exact) mass is 239 g/mol. The normalized spacial score (nSPS) is 23.9. The molecule has 2 heterocycles. The molecule has 94 valence electrons. The van der Waals surface area contributed by atoms with Crippen molar-refractivity contribution >= 4 is 5.91 Å². The van der Waals surface area contributed by atoms with E-state index in [1.807, 2.05) is 0 Å². The lowest BCUT2D eigenvalue weighted by molar-refractivity contribution is -0.133. The summed E-state index contributed by atoms with van der Waals surface area (Å²) in [6, 6.07) is -0.127. The average Bonchev–Trinajstić information content (AvgIpc) is 2.95. The zero-order valence-electron chi connectivity index (χ0n) is 9.78. The lowest BCUT2D eigenvalue weighted by atomic mass is 10.2. The molecule has 0 aliphatic carbocycles. The van der Waals surface area contributed by atoms with Crippen molar-refractivity contribution in [3.8, 4) is 0 Å². The van der Waals surface area contributed by atoms with Crippen LogP contribution in [-0.4, -0.2) is 63.0 Å². The predicted molar refractivity (Wildman–Crippen MR) is 60.1 cm³/mol. The van der Waals surface area contributed by atoms with Gasteiger partial charge in [0.15, 0.2) is 0 Å². The second kappa shape index (κ2) is 5.24. The van der Waals surface area contributed by atoms with Gasteiger partial charge in [0, 0.05) is 26.6 Å². The number of amides is 1. The Kier molecular flexibility index (Phi) is 3.70. The van der Waals surface area contributed by atoms with E-state index in [4.69, 9.17) is 0 Å². The number of aryl methyl sites for hydroxylation is 1. The lowest BCUT2D eigenvalue weighted by Gasteiger charge is -2.26. The van der Waals surface area contributed by atoms with Crippen LogP contribution in [-0.2, 0) is 11.3 Å². The third kappa shape index (κ3) is 2.80. The van der Waals surface area contributed by atoms with Crippen molar-refractivity contribution in [2.45, 2.75) is 25.1 Å². The number of nitrogens with zero attached hydrogens (tertiary/aromatic N) is 4. The van der Waals surface area contributed by atoms with Gasteiger partial charge in [-0.2, -0.15) is 5.10 Å². The van der Waals surface area contributed by atoms with Crippen LogP contribution in [0.3, 0.4) is 0 Å². The topological polar surface area (TPSA) is 83.3 Å². The number of rotatable bonds is 4. The summed E-state index contributed by atoms with van der Waals surface area (Å²) < 4.78 is 1.62. The number of carbonyl (C=O) groups excluding carboxylic acids is 1. The second-order valence-corrected chi connectivity index (χ2v) is 4.21. The molecule has 2 atom stereocenters. The van der Waals surface area contributed by atoms with E-state index in [2.05, 4.69) is 15.4 Å². The van der Waals surface area contributed by atoms with Crippen LogP contribution in [0, 0.1) is 0 Å². The quantitative estimate of drug-likeness (QED) is 0.665. The van der Waals surface area contributed by atoms with Gasteiger partial charge < -0.3 is 15.3 Å². The number of likely N-dealkylation sites (N-methyl/N-ethyl adjacent to an activating group) is 1. The zero-order chi connectivity index (χ0) is 12.3. The van der Waals surface area contributed by atoms with Gasteiger partial charge in [-0.15, -0.1) is 0 Å². The van der Waals surface area contributed by atoms with Gasteiger partial charge in [-0.3, -0.25) is 9.48 Å². The molecule has 1 amide bonds. The van der Waals surface area contributed by atoms with Gasteiger partial charge in [-0.05, 0) is 0 Å². The number of hydrogen-bond donors (Lipinski definition) is 2. The molecule has 2 rings (SSSR count). The highest BCUT2D eigenvalue weighted by molar-refractivity contribution is 5.76. The van der Waals surface area contributed by atoms with Crippen LogP contribution < -0.4 is 5.32 Å². The summed E-state index contributed by atoms with van der Waals surface area (Å²) >= 11 is 0. The molecule has 0 radical (unpaired) electrons. The molecule has 0 spiro atoms. The van der Waals surface area contributed by atoms with E-state index in [1.54, 1.807) is 23.0 Å². The van der Waals surface area contributed by atoms with Crippen LogP contribution >= 0.6 is 0 Å². The van der Waals surface area contributed by atoms with E-state index >= 15 is 0 Å². The Labute approximate surface area is 99.4 Å². The van der Waals surface area contributed by atoms with Gasteiger partial charge in [0.25, 0.3) is 0 Å². The maximum atomic E-state index is 11.9. The molecule has 1 fully saturated rings. The number of β-amino-alcohol motifs (C(OH)–C–C–N with tert-alkyl or cyclic N) is 1. The van der Waals surface area contributed by atoms with E-state index in [0.717, 1.165) is 0 Å². The van der Waals surface area contributed by atoms with Gasteiger partial charge in [0.1, 0.15) is 12.7 Å². The van der Waals surface area contributed by atoms with Crippen molar-refractivity contribution in [1.82, 2.24) is 25.0 Å². The average molecular weight is 239 g/mol. The van der Waals surface area contributed by atoms with Crippen LogP contribution in [0.2, 0.25) is 0 Å². The fraction of sp³-hybridized carbons (Fsp3) is 0.700. The molecule has 1 aromatic rings. The largest absolute Gasteiger partial charge is 0.390 e. The Morgan fingerprint density at radius 3 is 3.06 bits per heavy atom. The fourth-order valence-electron chi connectivity index (χ4n) is 1.97. The first kappa shape index (κ1) is 12.0. The van der Waals surface area contributed by atoms with E-state index in [-0.39, 0.29) is 11.9 Å². The Balaban J connectivity index is 1.83. The van der Waals surface area contributed by atoms with Crippen LogP contribution in [0.25, 0.3) is 0 Å². The lowest BCUT2D eigenvalue weighted by Crippen LogP contribution is -2.44. The van der Waals surface area contributed by atoms with Crippen LogP contribution in [0.15, 0.2) is 12.7 Å². The number of carbonyl (C=O) groups is 1. The number of aliphatic hydroxyl groups is 1. The minimum absolute atomic E-state index is 0.00764. The Morgan fingerprint density at radius 1 is 1.65 bits per heavy atom. The molecular formula is C10H17N5O2. The Morgan fingerprint density at radius 2 is 2.47 bits per heavy atom. The van der Waals surface area contributed by atoms with Crippen molar-refractivity contribution in [3.05, 3.63) is 12.7 Å². The summed E-state index contributed by atoms with van der Waals surface area (Å²) in [7, 11) is 1.73. The maximum Gasteiger partial charge on any atom is 0.224 e. The van der Waals surface area contributed by atoms with Crippen LogP contribution in [0.1, 0.15) is 6.42 Å².